The molecule has 0 bridgehead atoms. The molecule has 0 unspecified atom stereocenters. The molecular formula is C7H8O5S. The Bertz CT molecular complexity index is 366. The van der Waals surface area contributed by atoms with Crippen LogP contribution in [0.1, 0.15) is 5.56 Å². The van der Waals surface area contributed by atoms with Crippen LogP contribution in [0.15, 0.2) is 29.2 Å². The van der Waals surface area contributed by atoms with Crippen LogP contribution in [0.25, 0.3) is 0 Å². The van der Waals surface area contributed by atoms with Crippen molar-refractivity contribution in [2.24, 2.45) is 0 Å². The van der Waals surface area contributed by atoms with Crippen LogP contribution in [-0.4, -0.2) is 13.7 Å². The van der Waals surface area contributed by atoms with Crippen LogP contribution in [0.5, 0.6) is 0 Å². The lowest BCUT2D eigenvalue weighted by molar-refractivity contribution is -0.437. The Hall–Kier alpha value is -0.950. The molecule has 0 fully saturated rings. The Morgan fingerprint density at radius 1 is 1.23 bits per heavy atom. The van der Waals surface area contributed by atoms with Gasteiger partial charge in [0.1, 0.15) is 0 Å². The predicted octanol–water partition coefficient (Wildman–Crippen LogP) is 1.10. The predicted molar refractivity (Wildman–Crippen MR) is 43.2 cm³/mol. The molecule has 0 atom stereocenters. The van der Waals surface area contributed by atoms with E-state index in [2.05, 4.69) is 9.37 Å². The minimum Gasteiger partial charge on any atom is -0.220 e. The first-order valence-electron chi connectivity index (χ1n) is 3.37. The highest BCUT2D eigenvalue weighted by atomic mass is 32.2. The van der Waals surface area contributed by atoms with Gasteiger partial charge in [0.25, 0.3) is 0 Å². The minimum absolute atomic E-state index is 0.0767. The Morgan fingerprint density at radius 2 is 1.77 bits per heavy atom. The average molecular weight is 204 g/mol. The van der Waals surface area contributed by atoms with Crippen LogP contribution in [0, 0.1) is 6.92 Å². The first-order chi connectivity index (χ1) is 6.06. The number of rotatable bonds is 3. The van der Waals surface area contributed by atoms with Crippen molar-refractivity contribution < 1.29 is 23.0 Å². The fraction of sp³-hybridized carbons (Fsp3) is 0.143. The summed E-state index contributed by atoms with van der Waals surface area (Å²) < 4.78 is 25.8. The van der Waals surface area contributed by atoms with Crippen LogP contribution in [0.3, 0.4) is 0 Å². The van der Waals surface area contributed by atoms with Gasteiger partial charge in [-0.2, -0.15) is 8.42 Å². The van der Waals surface area contributed by atoms with Crippen molar-refractivity contribution in [3.63, 3.8) is 0 Å². The molecule has 0 saturated heterocycles. The van der Waals surface area contributed by atoms with Gasteiger partial charge in [0.2, 0.25) is 0 Å². The monoisotopic (exact) mass is 204 g/mol. The Morgan fingerprint density at radius 3 is 2.23 bits per heavy atom. The van der Waals surface area contributed by atoms with E-state index >= 15 is 0 Å². The molecule has 0 aliphatic carbocycles. The van der Waals surface area contributed by atoms with E-state index in [1.807, 2.05) is 6.92 Å². The lowest BCUT2D eigenvalue weighted by Gasteiger charge is -2.00. The van der Waals surface area contributed by atoms with Crippen molar-refractivity contribution in [1.29, 1.82) is 0 Å². The second-order valence-corrected chi connectivity index (χ2v) is 3.93. The number of benzene rings is 1. The standard InChI is InChI=1S/C7H8O5S/c1-6-2-4-7(5-3-6)13(9,10)12-11-8/h2-5,8H,1H3. The third-order valence-electron chi connectivity index (χ3n) is 1.43. The summed E-state index contributed by atoms with van der Waals surface area (Å²) in [5.41, 5.74) is 0.920. The molecular weight excluding hydrogens is 196 g/mol. The van der Waals surface area contributed by atoms with E-state index in [1.54, 1.807) is 12.1 Å². The molecule has 1 N–H and O–H groups in total. The molecule has 0 aliphatic heterocycles. The van der Waals surface area contributed by atoms with Gasteiger partial charge in [-0.1, -0.05) is 27.1 Å². The molecule has 13 heavy (non-hydrogen) atoms. The third-order valence-corrected chi connectivity index (χ3v) is 2.52. The van der Waals surface area contributed by atoms with E-state index in [1.165, 1.54) is 12.1 Å². The van der Waals surface area contributed by atoms with E-state index in [0.717, 1.165) is 5.56 Å². The van der Waals surface area contributed by atoms with Gasteiger partial charge in [-0.3, -0.25) is 0 Å². The quantitative estimate of drug-likeness (QED) is 0.589. The lowest BCUT2D eigenvalue weighted by atomic mass is 10.2. The maximum atomic E-state index is 11.0. The molecule has 0 aromatic heterocycles. The van der Waals surface area contributed by atoms with Crippen molar-refractivity contribution in [2.45, 2.75) is 11.8 Å². The molecule has 5 nitrogen and oxygen atoms in total. The summed E-state index contributed by atoms with van der Waals surface area (Å²) in [6.07, 6.45) is 0. The lowest BCUT2D eigenvalue weighted by Crippen LogP contribution is -2.05. The van der Waals surface area contributed by atoms with Gasteiger partial charge in [0.05, 0.1) is 4.90 Å². The van der Waals surface area contributed by atoms with Crippen LogP contribution in [0.4, 0.5) is 0 Å². The van der Waals surface area contributed by atoms with Gasteiger partial charge in [0.15, 0.2) is 0 Å². The molecule has 0 amide bonds. The van der Waals surface area contributed by atoms with Crippen molar-refractivity contribution >= 4 is 10.1 Å². The van der Waals surface area contributed by atoms with Crippen molar-refractivity contribution in [3.05, 3.63) is 29.8 Å². The van der Waals surface area contributed by atoms with E-state index < -0.39 is 10.1 Å². The highest BCUT2D eigenvalue weighted by Crippen LogP contribution is 2.12. The zero-order valence-electron chi connectivity index (χ0n) is 6.80. The van der Waals surface area contributed by atoms with E-state index in [0.29, 0.717) is 0 Å². The van der Waals surface area contributed by atoms with Gasteiger partial charge in [-0.25, -0.2) is 5.26 Å². The van der Waals surface area contributed by atoms with Gasteiger partial charge >= 0.3 is 10.1 Å². The zero-order chi connectivity index (χ0) is 9.90. The Kier molecular flexibility index (Phi) is 2.99. The highest BCUT2D eigenvalue weighted by Gasteiger charge is 2.15. The normalized spacial score (nSPS) is 11.5. The summed E-state index contributed by atoms with van der Waals surface area (Å²) in [6, 6.07) is 5.91. The van der Waals surface area contributed by atoms with Crippen molar-refractivity contribution in [1.82, 2.24) is 0 Å². The number of hydrogen-bond donors (Lipinski definition) is 1. The second-order valence-electron chi connectivity index (χ2n) is 2.41. The summed E-state index contributed by atoms with van der Waals surface area (Å²) in [5.74, 6) is 0. The Labute approximate surface area is 75.5 Å². The molecule has 1 aromatic carbocycles. The largest absolute Gasteiger partial charge is 0.325 e. The average Bonchev–Trinajstić information content (AvgIpc) is 2.05. The zero-order valence-corrected chi connectivity index (χ0v) is 7.61. The summed E-state index contributed by atoms with van der Waals surface area (Å²) in [5, 5.41) is 10.9. The summed E-state index contributed by atoms with van der Waals surface area (Å²) in [6.45, 7) is 1.82. The van der Waals surface area contributed by atoms with E-state index in [-0.39, 0.29) is 4.90 Å². The topological polar surface area (TPSA) is 72.8 Å². The summed E-state index contributed by atoms with van der Waals surface area (Å²) in [4.78, 5) is -0.0767. The molecule has 0 saturated carbocycles. The molecule has 1 rings (SSSR count). The molecule has 0 heterocycles. The van der Waals surface area contributed by atoms with E-state index in [4.69, 9.17) is 5.26 Å². The molecule has 1 aromatic rings. The minimum atomic E-state index is -4.00. The fourth-order valence-corrected chi connectivity index (χ4v) is 1.41. The van der Waals surface area contributed by atoms with Gasteiger partial charge in [-0.15, -0.1) is 0 Å². The number of hydrogen-bond acceptors (Lipinski definition) is 5. The van der Waals surface area contributed by atoms with Gasteiger partial charge < -0.3 is 0 Å². The summed E-state index contributed by atoms with van der Waals surface area (Å²) in [7, 11) is -4.00. The maximum absolute atomic E-state index is 11.0. The molecule has 6 heteroatoms. The maximum Gasteiger partial charge on any atom is 0.325 e. The van der Waals surface area contributed by atoms with Gasteiger partial charge in [-0.05, 0) is 19.1 Å². The second kappa shape index (κ2) is 3.84. The SMILES string of the molecule is Cc1ccc(S(=O)(=O)OOO)cc1. The van der Waals surface area contributed by atoms with Crippen LogP contribution in [0.2, 0.25) is 0 Å². The third kappa shape index (κ3) is 2.49. The molecule has 0 radical (unpaired) electrons. The van der Waals surface area contributed by atoms with E-state index in [9.17, 15) is 8.42 Å². The summed E-state index contributed by atoms with van der Waals surface area (Å²) >= 11 is 0. The highest BCUT2D eigenvalue weighted by molar-refractivity contribution is 7.86. The Balaban J connectivity index is 3.02. The smallest absolute Gasteiger partial charge is 0.220 e. The molecule has 0 spiro atoms. The van der Waals surface area contributed by atoms with Crippen LogP contribution in [-0.2, 0) is 19.5 Å². The first-order valence-corrected chi connectivity index (χ1v) is 4.78. The molecule has 0 aliphatic rings. The van der Waals surface area contributed by atoms with Crippen molar-refractivity contribution in [2.75, 3.05) is 0 Å². The number of aryl methyl sites for hydroxylation is 1. The fourth-order valence-electron chi connectivity index (χ4n) is 0.784. The first kappa shape index (κ1) is 10.1. The van der Waals surface area contributed by atoms with Gasteiger partial charge in [0, 0.05) is 0 Å². The van der Waals surface area contributed by atoms with Crippen LogP contribution < -0.4 is 0 Å². The van der Waals surface area contributed by atoms with Crippen LogP contribution >= 0.6 is 0 Å². The van der Waals surface area contributed by atoms with Crippen molar-refractivity contribution in [3.8, 4) is 0 Å². The molecule has 72 valence electrons.